The first-order chi connectivity index (χ1) is 17.3. The average molecular weight is 493 g/mol. The third-order valence-electron chi connectivity index (χ3n) is 7.91. The second-order valence-electron chi connectivity index (χ2n) is 10.1. The molecule has 3 aromatic rings. The maximum absolute atomic E-state index is 14.9. The Morgan fingerprint density at radius 2 is 1.72 bits per heavy atom. The molecule has 8 heteroatoms. The minimum Gasteiger partial charge on any atom is -0.384 e. The zero-order valence-corrected chi connectivity index (χ0v) is 20.4. The van der Waals surface area contributed by atoms with E-state index in [4.69, 9.17) is 0 Å². The van der Waals surface area contributed by atoms with Gasteiger partial charge in [0.05, 0.1) is 17.7 Å². The quantitative estimate of drug-likeness (QED) is 0.597. The first-order valence-electron chi connectivity index (χ1n) is 12.3. The molecule has 0 radical (unpaired) electrons. The van der Waals surface area contributed by atoms with Crippen LogP contribution in [0, 0.1) is 29.4 Å². The van der Waals surface area contributed by atoms with Crippen molar-refractivity contribution in [3.8, 4) is 0 Å². The summed E-state index contributed by atoms with van der Waals surface area (Å²) in [4.78, 5) is 26.2. The molecule has 0 saturated carbocycles. The Bertz CT molecular complexity index is 1210. The van der Waals surface area contributed by atoms with Gasteiger partial charge in [0.15, 0.2) is 0 Å². The first-order valence-corrected chi connectivity index (χ1v) is 12.3. The van der Waals surface area contributed by atoms with Gasteiger partial charge in [-0.1, -0.05) is 50.2 Å². The maximum atomic E-state index is 14.9. The Labute approximate surface area is 209 Å². The van der Waals surface area contributed by atoms with Crippen molar-refractivity contribution in [3.63, 3.8) is 0 Å². The maximum Gasteiger partial charge on any atom is 0.228 e. The molecule has 0 aliphatic carbocycles. The molecular formula is C28H30F2N4O2. The van der Waals surface area contributed by atoms with Gasteiger partial charge < -0.3 is 14.9 Å². The van der Waals surface area contributed by atoms with Crippen molar-refractivity contribution in [2.75, 3.05) is 31.1 Å². The predicted molar refractivity (Wildman–Crippen MR) is 132 cm³/mol. The highest BCUT2D eigenvalue weighted by atomic mass is 19.1. The minimum absolute atomic E-state index is 0.0936. The Morgan fingerprint density at radius 3 is 2.36 bits per heavy atom. The molecule has 5 rings (SSSR count). The van der Waals surface area contributed by atoms with Crippen LogP contribution in [-0.4, -0.2) is 52.1 Å². The Morgan fingerprint density at radius 1 is 1.00 bits per heavy atom. The van der Waals surface area contributed by atoms with Gasteiger partial charge in [-0.05, 0) is 17.2 Å². The molecule has 2 aliphatic heterocycles. The molecule has 0 bridgehead atoms. The summed E-state index contributed by atoms with van der Waals surface area (Å²) < 4.78 is 28.5. The molecule has 2 aromatic carbocycles. The fourth-order valence-corrected chi connectivity index (χ4v) is 6.00. The summed E-state index contributed by atoms with van der Waals surface area (Å²) in [6.07, 6.45) is 4.77. The van der Waals surface area contributed by atoms with Crippen molar-refractivity contribution in [1.82, 2.24) is 14.9 Å². The summed E-state index contributed by atoms with van der Waals surface area (Å²) >= 11 is 0. The molecule has 2 aliphatic rings. The number of carbonyl (C=O) groups excluding carboxylic acids is 1. The fourth-order valence-electron chi connectivity index (χ4n) is 6.00. The number of aliphatic hydroxyl groups is 1. The van der Waals surface area contributed by atoms with Crippen molar-refractivity contribution in [2.24, 2.45) is 17.8 Å². The van der Waals surface area contributed by atoms with Crippen LogP contribution in [0.25, 0.3) is 0 Å². The summed E-state index contributed by atoms with van der Waals surface area (Å²) in [6, 6.07) is 13.1. The van der Waals surface area contributed by atoms with E-state index in [9.17, 15) is 18.7 Å². The number of aromatic nitrogens is 2. The standard InChI is InChI=1S/C28H30F2N4O2/c1-18-14-34(15-19(2)28(18,36)20-6-4-3-5-7-20)27(35)24-17-33(26-13-31-10-11-32-26)16-23(24)22-9-8-21(29)12-25(22)30/h3-13,18-19,23-24,36H,14-17H2,1-2H3/t18?,19?,23-,24+,28?/m0/s1. The summed E-state index contributed by atoms with van der Waals surface area (Å²) in [5.74, 6) is -2.21. The number of halogens is 2. The lowest BCUT2D eigenvalue weighted by molar-refractivity contribution is -0.152. The van der Waals surface area contributed by atoms with E-state index in [1.165, 1.54) is 12.1 Å². The fraction of sp³-hybridized carbons (Fsp3) is 0.393. The highest BCUT2D eigenvalue weighted by Crippen LogP contribution is 2.43. The van der Waals surface area contributed by atoms with Gasteiger partial charge in [-0.2, -0.15) is 0 Å². The molecule has 0 spiro atoms. The molecule has 1 amide bonds. The number of nitrogens with zero attached hydrogens (tertiary/aromatic N) is 4. The number of benzene rings is 2. The summed E-state index contributed by atoms with van der Waals surface area (Å²) in [5, 5.41) is 11.7. The number of rotatable bonds is 4. The molecule has 1 N–H and O–H groups in total. The first kappa shape index (κ1) is 24.3. The number of hydrogen-bond donors (Lipinski definition) is 1. The zero-order chi connectivity index (χ0) is 25.4. The second-order valence-corrected chi connectivity index (χ2v) is 10.1. The largest absolute Gasteiger partial charge is 0.384 e. The van der Waals surface area contributed by atoms with Crippen molar-refractivity contribution < 1.29 is 18.7 Å². The molecule has 2 unspecified atom stereocenters. The van der Waals surface area contributed by atoms with E-state index < -0.39 is 29.1 Å². The van der Waals surface area contributed by atoms with Crippen LogP contribution in [0.4, 0.5) is 14.6 Å². The van der Waals surface area contributed by atoms with Gasteiger partial charge in [0.25, 0.3) is 0 Å². The van der Waals surface area contributed by atoms with Gasteiger partial charge >= 0.3 is 0 Å². The van der Waals surface area contributed by atoms with E-state index >= 15 is 0 Å². The van der Waals surface area contributed by atoms with Gasteiger partial charge in [0.1, 0.15) is 17.5 Å². The monoisotopic (exact) mass is 492 g/mol. The van der Waals surface area contributed by atoms with Crippen LogP contribution in [0.5, 0.6) is 0 Å². The lowest BCUT2D eigenvalue weighted by Gasteiger charge is -2.48. The Hall–Kier alpha value is -3.39. The molecule has 36 heavy (non-hydrogen) atoms. The third-order valence-corrected chi connectivity index (χ3v) is 7.91. The van der Waals surface area contributed by atoms with Gasteiger partial charge in [-0.15, -0.1) is 0 Å². The summed E-state index contributed by atoms with van der Waals surface area (Å²) in [5.41, 5.74) is 0.111. The van der Waals surface area contributed by atoms with E-state index in [0.29, 0.717) is 37.6 Å². The normalized spacial score (nSPS) is 28.4. The van der Waals surface area contributed by atoms with Crippen LogP contribution in [0.15, 0.2) is 67.1 Å². The van der Waals surface area contributed by atoms with E-state index in [0.717, 1.165) is 11.6 Å². The van der Waals surface area contributed by atoms with Gasteiger partial charge in [-0.25, -0.2) is 13.8 Å². The third kappa shape index (κ3) is 4.23. The number of piperidine rings is 1. The summed E-state index contributed by atoms with van der Waals surface area (Å²) in [6.45, 7) is 5.40. The van der Waals surface area contributed by atoms with E-state index in [1.807, 2.05) is 49.1 Å². The minimum atomic E-state index is -1.05. The highest BCUT2D eigenvalue weighted by molar-refractivity contribution is 5.82. The van der Waals surface area contributed by atoms with E-state index in [1.54, 1.807) is 23.5 Å². The van der Waals surface area contributed by atoms with E-state index in [2.05, 4.69) is 9.97 Å². The lowest BCUT2D eigenvalue weighted by atomic mass is 9.70. The van der Waals surface area contributed by atoms with Gasteiger partial charge in [0.2, 0.25) is 5.91 Å². The number of carbonyl (C=O) groups is 1. The number of hydrogen-bond acceptors (Lipinski definition) is 5. The zero-order valence-electron chi connectivity index (χ0n) is 20.4. The summed E-state index contributed by atoms with van der Waals surface area (Å²) in [7, 11) is 0. The molecule has 2 saturated heterocycles. The van der Waals surface area contributed by atoms with Crippen LogP contribution in [0.2, 0.25) is 0 Å². The van der Waals surface area contributed by atoms with Gasteiger partial charge in [-0.3, -0.25) is 9.78 Å². The van der Waals surface area contributed by atoms with Crippen LogP contribution < -0.4 is 4.90 Å². The van der Waals surface area contributed by atoms with Crippen molar-refractivity contribution in [3.05, 3.63) is 89.9 Å². The number of amides is 1. The van der Waals surface area contributed by atoms with E-state index in [-0.39, 0.29) is 17.7 Å². The molecule has 188 valence electrons. The Balaban J connectivity index is 1.43. The molecule has 1 aromatic heterocycles. The molecule has 3 heterocycles. The molecule has 6 nitrogen and oxygen atoms in total. The highest BCUT2D eigenvalue weighted by Gasteiger charge is 2.49. The number of anilines is 1. The molecular weight excluding hydrogens is 462 g/mol. The van der Waals surface area contributed by atoms with Gasteiger partial charge in [0, 0.05) is 62.4 Å². The van der Waals surface area contributed by atoms with Crippen LogP contribution >= 0.6 is 0 Å². The average Bonchev–Trinajstić information content (AvgIpc) is 3.32. The van der Waals surface area contributed by atoms with Crippen molar-refractivity contribution in [2.45, 2.75) is 25.4 Å². The number of likely N-dealkylation sites (tertiary alicyclic amines) is 1. The van der Waals surface area contributed by atoms with Crippen molar-refractivity contribution >= 4 is 11.7 Å². The van der Waals surface area contributed by atoms with Crippen LogP contribution in [-0.2, 0) is 10.4 Å². The SMILES string of the molecule is CC1CN(C(=O)[C@@H]2CN(c3cnccn3)C[C@H]2c2ccc(F)cc2F)CC(C)C1(O)c1ccccc1. The lowest BCUT2D eigenvalue weighted by Crippen LogP contribution is -2.57. The molecule has 4 atom stereocenters. The topological polar surface area (TPSA) is 69.6 Å². The smallest absolute Gasteiger partial charge is 0.228 e. The van der Waals surface area contributed by atoms with Crippen molar-refractivity contribution in [1.29, 1.82) is 0 Å². The predicted octanol–water partition coefficient (Wildman–Crippen LogP) is 3.98. The Kier molecular flexibility index (Phi) is 6.47. The van der Waals surface area contributed by atoms with Crippen LogP contribution in [0.1, 0.15) is 30.9 Å². The second kappa shape index (κ2) is 9.58. The molecule has 2 fully saturated rings. The van der Waals surface area contributed by atoms with Crippen LogP contribution in [0.3, 0.4) is 0 Å².